The molecular formula is C29H39N7O5. The Bertz CT molecular complexity index is 1490. The largest absolute Gasteiger partial charge is 0.436 e. The molecule has 0 saturated heterocycles. The summed E-state index contributed by atoms with van der Waals surface area (Å²) in [6, 6.07) is 5.05. The van der Waals surface area contributed by atoms with Gasteiger partial charge in [0.25, 0.3) is 11.5 Å². The van der Waals surface area contributed by atoms with Crippen LogP contribution in [0, 0.1) is 12.8 Å². The Balaban J connectivity index is 1.79. The summed E-state index contributed by atoms with van der Waals surface area (Å²) < 4.78 is 6.84. The lowest BCUT2D eigenvalue weighted by Gasteiger charge is -2.19. The molecule has 0 radical (unpaired) electrons. The van der Waals surface area contributed by atoms with Gasteiger partial charge in [0, 0.05) is 40.1 Å². The van der Waals surface area contributed by atoms with Gasteiger partial charge < -0.3 is 29.4 Å². The van der Waals surface area contributed by atoms with Crippen LogP contribution in [0.4, 0.5) is 10.5 Å². The van der Waals surface area contributed by atoms with Gasteiger partial charge in [-0.3, -0.25) is 14.4 Å². The van der Waals surface area contributed by atoms with Crippen LogP contribution in [-0.4, -0.2) is 81.5 Å². The summed E-state index contributed by atoms with van der Waals surface area (Å²) in [4.78, 5) is 65.5. The van der Waals surface area contributed by atoms with Crippen molar-refractivity contribution < 1.29 is 19.1 Å². The van der Waals surface area contributed by atoms with E-state index in [1.54, 1.807) is 32.4 Å². The lowest BCUT2D eigenvalue weighted by atomic mass is 10.1. The highest BCUT2D eigenvalue weighted by Gasteiger charge is 2.24. The van der Waals surface area contributed by atoms with E-state index >= 15 is 0 Å². The van der Waals surface area contributed by atoms with E-state index in [0.29, 0.717) is 18.2 Å². The van der Waals surface area contributed by atoms with E-state index in [1.807, 2.05) is 13.0 Å². The monoisotopic (exact) mass is 565 g/mol. The molecule has 0 aliphatic carbocycles. The number of amides is 3. The molecule has 3 aromatic rings. The zero-order valence-corrected chi connectivity index (χ0v) is 24.7. The van der Waals surface area contributed by atoms with E-state index in [9.17, 15) is 19.2 Å². The number of likely N-dealkylation sites (N-methyl/N-ethyl adjacent to an activating group) is 1. The predicted molar refractivity (Wildman–Crippen MR) is 157 cm³/mol. The van der Waals surface area contributed by atoms with Crippen molar-refractivity contribution in [2.45, 2.75) is 52.7 Å². The molecule has 0 fully saturated rings. The molecule has 0 aliphatic heterocycles. The van der Waals surface area contributed by atoms with Crippen molar-refractivity contribution >= 4 is 34.6 Å². The van der Waals surface area contributed by atoms with Gasteiger partial charge in [0.05, 0.1) is 23.3 Å². The predicted octanol–water partition coefficient (Wildman–Crippen LogP) is 3.10. The first-order valence-electron chi connectivity index (χ1n) is 13.5. The van der Waals surface area contributed by atoms with Crippen molar-refractivity contribution in [1.82, 2.24) is 29.3 Å². The number of hydrogen-bond acceptors (Lipinski definition) is 7. The molecular weight excluding hydrogens is 526 g/mol. The summed E-state index contributed by atoms with van der Waals surface area (Å²) in [7, 11) is 6.27. The third-order valence-corrected chi connectivity index (χ3v) is 6.14. The summed E-state index contributed by atoms with van der Waals surface area (Å²) in [6.45, 7) is 6.33. The minimum atomic E-state index is -1.17. The van der Waals surface area contributed by atoms with Crippen molar-refractivity contribution in [1.29, 1.82) is 0 Å². The van der Waals surface area contributed by atoms with Gasteiger partial charge in [-0.15, -0.1) is 0 Å². The number of fused-ring (bicyclic) bond motifs is 1. The Morgan fingerprint density at radius 3 is 2.54 bits per heavy atom. The number of pyridine rings is 1. The SMILES string of the molecule is Cc1nc(CC(C)C)c2[nH]c(Cn3cccc(NC(=O)[C@H](CC/C=C/C(=O)N(C)C)OC(=O)N(C)C)c3=O)cc2n1. The van der Waals surface area contributed by atoms with Gasteiger partial charge in [0.1, 0.15) is 11.5 Å². The van der Waals surface area contributed by atoms with Gasteiger partial charge in [-0.2, -0.15) is 0 Å². The second-order valence-electron chi connectivity index (χ2n) is 10.7. The van der Waals surface area contributed by atoms with Crippen LogP contribution in [0.3, 0.4) is 0 Å². The second-order valence-corrected chi connectivity index (χ2v) is 10.7. The number of H-pyrrole nitrogens is 1. The van der Waals surface area contributed by atoms with Gasteiger partial charge in [-0.25, -0.2) is 14.8 Å². The molecule has 3 aromatic heterocycles. The van der Waals surface area contributed by atoms with Crippen molar-refractivity contribution in [2.75, 3.05) is 33.5 Å². The van der Waals surface area contributed by atoms with Gasteiger partial charge in [0.2, 0.25) is 5.91 Å². The fraction of sp³-hybridized carbons (Fsp3) is 0.448. The Hall–Kier alpha value is -4.48. The van der Waals surface area contributed by atoms with Crippen LogP contribution in [0.25, 0.3) is 11.0 Å². The van der Waals surface area contributed by atoms with Crippen molar-refractivity contribution in [2.24, 2.45) is 5.92 Å². The molecule has 12 heteroatoms. The first kappa shape index (κ1) is 31.1. The molecule has 2 N–H and O–H groups in total. The molecule has 3 amide bonds. The van der Waals surface area contributed by atoms with E-state index in [1.165, 1.54) is 40.6 Å². The molecule has 0 aromatic carbocycles. The maximum absolute atomic E-state index is 13.3. The van der Waals surface area contributed by atoms with Crippen LogP contribution in [0.15, 0.2) is 41.3 Å². The Morgan fingerprint density at radius 1 is 1.15 bits per heavy atom. The quantitative estimate of drug-likeness (QED) is 0.340. The molecule has 0 aliphatic rings. The summed E-state index contributed by atoms with van der Waals surface area (Å²) >= 11 is 0. The van der Waals surface area contributed by atoms with Gasteiger partial charge >= 0.3 is 6.09 Å². The molecule has 220 valence electrons. The number of aryl methyl sites for hydroxylation is 1. The third kappa shape index (κ3) is 8.50. The van der Waals surface area contributed by atoms with Crippen LogP contribution in [0.2, 0.25) is 0 Å². The maximum atomic E-state index is 13.3. The van der Waals surface area contributed by atoms with Crippen LogP contribution in [0.1, 0.15) is 43.9 Å². The summed E-state index contributed by atoms with van der Waals surface area (Å²) in [5, 5.41) is 2.61. The van der Waals surface area contributed by atoms with Crippen LogP contribution < -0.4 is 10.9 Å². The molecule has 41 heavy (non-hydrogen) atoms. The van der Waals surface area contributed by atoms with Crippen molar-refractivity contribution in [3.8, 4) is 0 Å². The average Bonchev–Trinajstić information content (AvgIpc) is 3.29. The second kappa shape index (κ2) is 13.7. The van der Waals surface area contributed by atoms with E-state index in [0.717, 1.165) is 28.8 Å². The number of nitrogens with one attached hydrogen (secondary N) is 2. The van der Waals surface area contributed by atoms with Gasteiger partial charge in [0.15, 0.2) is 6.10 Å². The number of aromatic amines is 1. The van der Waals surface area contributed by atoms with Gasteiger partial charge in [-0.05, 0) is 56.4 Å². The fourth-order valence-electron chi connectivity index (χ4n) is 4.08. The number of rotatable bonds is 11. The van der Waals surface area contributed by atoms with Crippen molar-refractivity contribution in [3.63, 3.8) is 0 Å². The van der Waals surface area contributed by atoms with E-state index in [-0.39, 0.29) is 24.6 Å². The molecule has 12 nitrogen and oxygen atoms in total. The molecule has 0 unspecified atom stereocenters. The first-order valence-corrected chi connectivity index (χ1v) is 13.5. The molecule has 0 saturated carbocycles. The Morgan fingerprint density at radius 2 is 1.88 bits per heavy atom. The summed E-state index contributed by atoms with van der Waals surface area (Å²) in [6.07, 6.45) is 3.98. The van der Waals surface area contributed by atoms with Crippen molar-refractivity contribution in [3.05, 3.63) is 64.1 Å². The van der Waals surface area contributed by atoms with E-state index < -0.39 is 23.7 Å². The number of anilines is 1. The van der Waals surface area contributed by atoms with Crippen LogP contribution >= 0.6 is 0 Å². The molecule has 3 heterocycles. The smallest absolute Gasteiger partial charge is 0.410 e. The number of hydrogen-bond donors (Lipinski definition) is 2. The first-order chi connectivity index (χ1) is 19.3. The highest BCUT2D eigenvalue weighted by atomic mass is 16.6. The zero-order valence-electron chi connectivity index (χ0n) is 24.7. The molecule has 1 atom stereocenters. The third-order valence-electron chi connectivity index (χ3n) is 6.14. The number of ether oxygens (including phenoxy) is 1. The molecule has 3 rings (SSSR count). The standard InChI is InChI=1S/C29H39N7O5/c1-18(2)15-22-26-23(31-19(3)30-22)16-20(32-26)17-36-14-10-11-21(28(36)39)33-27(38)24(41-29(40)35(6)7)12-8-9-13-25(37)34(4)5/h9-11,13-14,16,18,24,32H,8,12,15,17H2,1-7H3,(H,33,38)/b13-9+/t24-/m0/s1. The van der Waals surface area contributed by atoms with Crippen LogP contribution in [0.5, 0.6) is 0 Å². The van der Waals surface area contributed by atoms with Crippen LogP contribution in [-0.2, 0) is 27.3 Å². The minimum Gasteiger partial charge on any atom is -0.436 e. The van der Waals surface area contributed by atoms with E-state index in [2.05, 4.69) is 34.1 Å². The van der Waals surface area contributed by atoms with E-state index in [4.69, 9.17) is 4.74 Å². The summed E-state index contributed by atoms with van der Waals surface area (Å²) in [5.41, 5.74) is 2.97. The van der Waals surface area contributed by atoms with Gasteiger partial charge in [-0.1, -0.05) is 19.9 Å². The average molecular weight is 566 g/mol. The number of carbonyl (C=O) groups is 3. The lowest BCUT2D eigenvalue weighted by Crippen LogP contribution is -2.37. The highest BCUT2D eigenvalue weighted by Crippen LogP contribution is 2.20. The normalized spacial score (nSPS) is 12.1. The number of aromatic nitrogens is 4. The lowest BCUT2D eigenvalue weighted by molar-refractivity contribution is -0.125. The minimum absolute atomic E-state index is 0.0500. The molecule has 0 spiro atoms. The fourth-order valence-corrected chi connectivity index (χ4v) is 4.08. The maximum Gasteiger partial charge on any atom is 0.410 e. The number of carbonyl (C=O) groups excluding carboxylic acids is 3. The molecule has 0 bridgehead atoms. The Kier molecular flexibility index (Phi) is 10.4. The highest BCUT2D eigenvalue weighted by molar-refractivity contribution is 5.95. The Labute approximate surface area is 239 Å². The topological polar surface area (TPSA) is 143 Å². The number of nitrogens with zero attached hydrogens (tertiary/aromatic N) is 5. The summed E-state index contributed by atoms with van der Waals surface area (Å²) in [5.74, 6) is 0.260. The number of allylic oxidation sites excluding steroid dienone is 1. The zero-order chi connectivity index (χ0) is 30.3.